The van der Waals surface area contributed by atoms with Crippen LogP contribution in [0.15, 0.2) is 48.7 Å². The lowest BCUT2D eigenvalue weighted by Gasteiger charge is -2.33. The van der Waals surface area contributed by atoms with Crippen molar-refractivity contribution in [2.75, 3.05) is 38.6 Å². The van der Waals surface area contributed by atoms with Crippen LogP contribution in [-0.4, -0.2) is 60.0 Å². The summed E-state index contributed by atoms with van der Waals surface area (Å²) in [6.45, 7) is 5.94. The van der Waals surface area contributed by atoms with E-state index in [0.717, 1.165) is 10.9 Å². The number of nitrogens with one attached hydrogen (secondary N) is 2. The van der Waals surface area contributed by atoms with Gasteiger partial charge in [0, 0.05) is 37.3 Å². The van der Waals surface area contributed by atoms with Crippen LogP contribution in [0.1, 0.15) is 46.4 Å². The Kier molecular flexibility index (Phi) is 6.84. The summed E-state index contributed by atoms with van der Waals surface area (Å²) in [7, 11) is 1.77. The molecular weight excluding hydrogens is 418 g/mol. The average molecular weight is 448 g/mol. The summed E-state index contributed by atoms with van der Waals surface area (Å²) in [4.78, 5) is 36.8. The van der Waals surface area contributed by atoms with Crippen molar-refractivity contribution in [1.29, 1.82) is 0 Å². The summed E-state index contributed by atoms with van der Waals surface area (Å²) in [6, 6.07) is 12.8. The first-order chi connectivity index (χ1) is 16.0. The molecule has 3 heterocycles. The number of ether oxygens (including phenoxy) is 1. The van der Waals surface area contributed by atoms with Gasteiger partial charge in [-0.1, -0.05) is 32.0 Å². The maximum atomic E-state index is 13.1. The van der Waals surface area contributed by atoms with Crippen molar-refractivity contribution in [3.8, 4) is 0 Å². The number of benzene rings is 1. The van der Waals surface area contributed by atoms with Gasteiger partial charge in [-0.3, -0.25) is 9.59 Å². The van der Waals surface area contributed by atoms with Crippen LogP contribution in [0.3, 0.4) is 0 Å². The fourth-order valence-electron chi connectivity index (χ4n) is 3.84. The zero-order valence-corrected chi connectivity index (χ0v) is 19.2. The van der Waals surface area contributed by atoms with Gasteiger partial charge in [-0.25, -0.2) is 9.97 Å². The highest BCUT2D eigenvalue weighted by Crippen LogP contribution is 2.27. The molecule has 172 valence electrons. The highest BCUT2D eigenvalue weighted by atomic mass is 16.5. The van der Waals surface area contributed by atoms with Gasteiger partial charge in [0.25, 0.3) is 11.8 Å². The third-order valence-corrected chi connectivity index (χ3v) is 5.60. The van der Waals surface area contributed by atoms with E-state index in [2.05, 4.69) is 29.5 Å². The largest absolute Gasteiger partial charge is 0.373 e. The van der Waals surface area contributed by atoms with Crippen LogP contribution in [-0.2, 0) is 4.74 Å². The molecule has 8 nitrogen and oxygen atoms in total. The van der Waals surface area contributed by atoms with Gasteiger partial charge in [-0.15, -0.1) is 0 Å². The van der Waals surface area contributed by atoms with Crippen molar-refractivity contribution in [3.63, 3.8) is 0 Å². The van der Waals surface area contributed by atoms with Crippen LogP contribution in [0.4, 0.5) is 5.82 Å². The zero-order valence-electron chi connectivity index (χ0n) is 19.2. The molecule has 0 radical (unpaired) electrons. The Labute approximate surface area is 193 Å². The number of rotatable bonds is 6. The summed E-state index contributed by atoms with van der Waals surface area (Å²) in [5.41, 5.74) is 2.50. The number of nitrogens with zero attached hydrogens (tertiary/aromatic N) is 3. The number of hydrogen-bond acceptors (Lipinski definition) is 6. The lowest BCUT2D eigenvalue weighted by Crippen LogP contribution is -2.42. The van der Waals surface area contributed by atoms with E-state index in [0.29, 0.717) is 54.8 Å². The van der Waals surface area contributed by atoms with Gasteiger partial charge in [-0.05, 0) is 30.2 Å². The smallest absolute Gasteiger partial charge is 0.254 e. The van der Waals surface area contributed by atoms with Crippen molar-refractivity contribution in [2.45, 2.75) is 20.0 Å². The number of para-hydroxylation sites is 1. The molecule has 8 heteroatoms. The maximum Gasteiger partial charge on any atom is 0.254 e. The second-order valence-electron chi connectivity index (χ2n) is 8.51. The number of carbonyl (C=O) groups excluding carboxylic acids is 2. The zero-order chi connectivity index (χ0) is 23.4. The lowest BCUT2D eigenvalue weighted by atomic mass is 10.0. The SMILES string of the molecule is CNc1cc(C(=O)N2CCO[C@@H](c3cc(C(=O)NCC(C)C)c4ccccc4n3)C2)ccn1. The quantitative estimate of drug-likeness (QED) is 0.602. The number of hydrogen-bond donors (Lipinski definition) is 2. The minimum atomic E-state index is -0.422. The van der Waals surface area contributed by atoms with Gasteiger partial charge in [0.1, 0.15) is 11.9 Å². The number of anilines is 1. The summed E-state index contributed by atoms with van der Waals surface area (Å²) >= 11 is 0. The molecule has 0 spiro atoms. The van der Waals surface area contributed by atoms with Crippen LogP contribution in [0.25, 0.3) is 10.9 Å². The van der Waals surface area contributed by atoms with Gasteiger partial charge in [0.05, 0.1) is 29.9 Å². The van der Waals surface area contributed by atoms with E-state index < -0.39 is 6.10 Å². The highest BCUT2D eigenvalue weighted by molar-refractivity contribution is 6.06. The molecule has 3 aromatic rings. The summed E-state index contributed by atoms with van der Waals surface area (Å²) in [5.74, 6) is 0.764. The number of pyridine rings is 2. The second-order valence-corrected chi connectivity index (χ2v) is 8.51. The first-order valence-corrected chi connectivity index (χ1v) is 11.2. The number of aromatic nitrogens is 2. The van der Waals surface area contributed by atoms with Crippen molar-refractivity contribution < 1.29 is 14.3 Å². The molecule has 2 amide bonds. The highest BCUT2D eigenvalue weighted by Gasteiger charge is 2.28. The molecule has 1 aromatic carbocycles. The molecule has 0 unspecified atom stereocenters. The number of morpholine rings is 1. The third kappa shape index (κ3) is 5.12. The molecule has 1 aliphatic heterocycles. The van der Waals surface area contributed by atoms with Crippen molar-refractivity contribution in [1.82, 2.24) is 20.2 Å². The first kappa shape index (κ1) is 22.7. The summed E-state index contributed by atoms with van der Waals surface area (Å²) in [6.07, 6.45) is 1.19. The van der Waals surface area contributed by atoms with Gasteiger partial charge in [0.15, 0.2) is 0 Å². The van der Waals surface area contributed by atoms with E-state index >= 15 is 0 Å². The predicted molar refractivity (Wildman–Crippen MR) is 127 cm³/mol. The Morgan fingerprint density at radius 1 is 1.21 bits per heavy atom. The van der Waals surface area contributed by atoms with Crippen molar-refractivity contribution >= 4 is 28.5 Å². The molecule has 1 saturated heterocycles. The van der Waals surface area contributed by atoms with E-state index in [9.17, 15) is 9.59 Å². The predicted octanol–water partition coefficient (Wildman–Crippen LogP) is 3.27. The fraction of sp³-hybridized carbons (Fsp3) is 0.360. The lowest BCUT2D eigenvalue weighted by molar-refractivity contribution is -0.0246. The normalized spacial score (nSPS) is 16.1. The fourth-order valence-corrected chi connectivity index (χ4v) is 3.84. The molecule has 33 heavy (non-hydrogen) atoms. The van der Waals surface area contributed by atoms with E-state index in [4.69, 9.17) is 9.72 Å². The molecule has 0 bridgehead atoms. The Morgan fingerprint density at radius 2 is 2.03 bits per heavy atom. The van der Waals surface area contributed by atoms with E-state index in [1.54, 1.807) is 36.3 Å². The average Bonchev–Trinajstić information content (AvgIpc) is 2.86. The monoisotopic (exact) mass is 447 g/mol. The van der Waals surface area contributed by atoms with Crippen LogP contribution in [0.2, 0.25) is 0 Å². The summed E-state index contributed by atoms with van der Waals surface area (Å²) in [5, 5.41) is 6.75. The molecule has 0 saturated carbocycles. The number of amides is 2. The van der Waals surface area contributed by atoms with Crippen LogP contribution in [0.5, 0.6) is 0 Å². The van der Waals surface area contributed by atoms with Gasteiger partial charge in [-0.2, -0.15) is 0 Å². The Hall–Kier alpha value is -3.52. The van der Waals surface area contributed by atoms with E-state index in [1.807, 2.05) is 24.3 Å². The van der Waals surface area contributed by atoms with Crippen molar-refractivity contribution in [2.24, 2.45) is 5.92 Å². The number of carbonyl (C=O) groups is 2. The molecule has 1 atom stereocenters. The summed E-state index contributed by atoms with van der Waals surface area (Å²) < 4.78 is 5.99. The van der Waals surface area contributed by atoms with Crippen LogP contribution < -0.4 is 10.6 Å². The van der Waals surface area contributed by atoms with Crippen LogP contribution >= 0.6 is 0 Å². The molecule has 1 aliphatic rings. The van der Waals surface area contributed by atoms with E-state index in [-0.39, 0.29) is 11.8 Å². The standard InChI is InChI=1S/C25H29N5O3/c1-16(2)14-28-24(31)19-13-21(29-20-7-5-4-6-18(19)20)22-15-30(10-11-33-22)25(32)17-8-9-27-23(12-17)26-3/h4-9,12-13,16,22H,10-11,14-15H2,1-3H3,(H,26,27)(H,28,31)/t22-/m1/s1. The number of fused-ring (bicyclic) bond motifs is 1. The minimum Gasteiger partial charge on any atom is -0.373 e. The minimum absolute atomic E-state index is 0.0853. The molecular formula is C25H29N5O3. The van der Waals surface area contributed by atoms with Gasteiger partial charge >= 0.3 is 0 Å². The van der Waals surface area contributed by atoms with Crippen LogP contribution in [0, 0.1) is 5.92 Å². The Bertz CT molecular complexity index is 1160. The molecule has 2 aromatic heterocycles. The molecule has 0 aliphatic carbocycles. The van der Waals surface area contributed by atoms with Gasteiger partial charge < -0.3 is 20.3 Å². The first-order valence-electron chi connectivity index (χ1n) is 11.2. The van der Waals surface area contributed by atoms with E-state index in [1.165, 1.54) is 0 Å². The Balaban J connectivity index is 1.61. The topological polar surface area (TPSA) is 96.5 Å². The van der Waals surface area contributed by atoms with Crippen molar-refractivity contribution in [3.05, 3.63) is 65.5 Å². The molecule has 4 rings (SSSR count). The third-order valence-electron chi connectivity index (χ3n) is 5.60. The Morgan fingerprint density at radius 3 is 2.82 bits per heavy atom. The van der Waals surface area contributed by atoms with Gasteiger partial charge in [0.2, 0.25) is 0 Å². The molecule has 1 fully saturated rings. The second kappa shape index (κ2) is 9.95. The molecule has 2 N–H and O–H groups in total. The maximum absolute atomic E-state index is 13.1.